The van der Waals surface area contributed by atoms with Crippen molar-refractivity contribution in [1.82, 2.24) is 5.32 Å². The van der Waals surface area contributed by atoms with Gasteiger partial charge in [-0.05, 0) is 18.8 Å². The van der Waals surface area contributed by atoms with Gasteiger partial charge in [-0.3, -0.25) is 0 Å². The van der Waals surface area contributed by atoms with Crippen molar-refractivity contribution in [2.45, 2.75) is 46.1 Å². The monoisotopic (exact) mass is 173 g/mol. The highest BCUT2D eigenvalue weighted by molar-refractivity contribution is 4.65. The average molecular weight is 173 g/mol. The lowest BCUT2D eigenvalue weighted by Crippen LogP contribution is -2.33. The van der Waals surface area contributed by atoms with Crippen LogP contribution in [0.4, 0.5) is 0 Å². The predicted octanol–water partition coefficient (Wildman–Crippen LogP) is 1.78. The van der Waals surface area contributed by atoms with E-state index in [1.807, 2.05) is 0 Å². The minimum atomic E-state index is 0.287. The van der Waals surface area contributed by atoms with Crippen LogP contribution < -0.4 is 5.32 Å². The molecule has 0 rings (SSSR count). The van der Waals surface area contributed by atoms with Gasteiger partial charge in [0.25, 0.3) is 0 Å². The summed E-state index contributed by atoms with van der Waals surface area (Å²) in [5, 5.41) is 12.3. The highest BCUT2D eigenvalue weighted by Gasteiger charge is 2.05. The maximum absolute atomic E-state index is 8.81. The van der Waals surface area contributed by atoms with E-state index < -0.39 is 0 Å². The topological polar surface area (TPSA) is 32.3 Å². The lowest BCUT2D eigenvalue weighted by molar-refractivity contribution is 0.228. The summed E-state index contributed by atoms with van der Waals surface area (Å²) in [7, 11) is 0. The zero-order valence-corrected chi connectivity index (χ0v) is 8.64. The molecule has 0 aromatic carbocycles. The first kappa shape index (κ1) is 11.9. The highest BCUT2D eigenvalue weighted by Crippen LogP contribution is 2.01. The minimum Gasteiger partial charge on any atom is -0.396 e. The second-order valence-electron chi connectivity index (χ2n) is 3.59. The molecule has 0 saturated heterocycles. The Balaban J connectivity index is 3.43. The van der Waals surface area contributed by atoms with E-state index in [9.17, 15) is 0 Å². The molecule has 0 spiro atoms. The maximum atomic E-state index is 8.81. The van der Waals surface area contributed by atoms with Crippen LogP contribution in [-0.4, -0.2) is 24.3 Å². The van der Waals surface area contributed by atoms with Gasteiger partial charge in [-0.2, -0.15) is 0 Å². The van der Waals surface area contributed by atoms with Crippen LogP contribution in [0.25, 0.3) is 0 Å². The Morgan fingerprint density at radius 1 is 1.33 bits per heavy atom. The van der Waals surface area contributed by atoms with E-state index in [0.29, 0.717) is 12.0 Å². The normalized spacial score (nSPS) is 16.0. The van der Waals surface area contributed by atoms with Crippen LogP contribution >= 0.6 is 0 Å². The molecule has 0 aromatic rings. The van der Waals surface area contributed by atoms with E-state index in [-0.39, 0.29) is 6.61 Å². The molecular weight excluding hydrogens is 150 g/mol. The molecule has 0 heterocycles. The zero-order valence-electron chi connectivity index (χ0n) is 8.64. The minimum absolute atomic E-state index is 0.287. The highest BCUT2D eigenvalue weighted by atomic mass is 16.3. The van der Waals surface area contributed by atoms with Gasteiger partial charge < -0.3 is 10.4 Å². The molecule has 0 aliphatic carbocycles. The second-order valence-corrected chi connectivity index (χ2v) is 3.59. The van der Waals surface area contributed by atoms with Crippen LogP contribution in [0.15, 0.2) is 0 Å². The Bertz CT molecular complexity index is 95.8. The summed E-state index contributed by atoms with van der Waals surface area (Å²) in [4.78, 5) is 0. The molecule has 0 aliphatic heterocycles. The summed E-state index contributed by atoms with van der Waals surface area (Å²) >= 11 is 0. The van der Waals surface area contributed by atoms with Crippen molar-refractivity contribution in [3.8, 4) is 0 Å². The first-order valence-corrected chi connectivity index (χ1v) is 5.08. The predicted molar refractivity (Wildman–Crippen MR) is 53.2 cm³/mol. The fraction of sp³-hybridized carbons (Fsp3) is 1.00. The van der Waals surface area contributed by atoms with Gasteiger partial charge in [0.2, 0.25) is 0 Å². The third-order valence-electron chi connectivity index (χ3n) is 2.20. The van der Waals surface area contributed by atoms with E-state index in [1.54, 1.807) is 0 Å². The van der Waals surface area contributed by atoms with Crippen LogP contribution in [0.1, 0.15) is 40.0 Å². The van der Waals surface area contributed by atoms with Gasteiger partial charge in [0.05, 0.1) is 0 Å². The largest absolute Gasteiger partial charge is 0.396 e. The fourth-order valence-corrected chi connectivity index (χ4v) is 1.23. The summed E-state index contributed by atoms with van der Waals surface area (Å²) < 4.78 is 0. The molecule has 2 nitrogen and oxygen atoms in total. The van der Waals surface area contributed by atoms with E-state index >= 15 is 0 Å². The lowest BCUT2D eigenvalue weighted by Gasteiger charge is -2.18. The summed E-state index contributed by atoms with van der Waals surface area (Å²) in [6.07, 6.45) is 3.67. The van der Waals surface area contributed by atoms with Gasteiger partial charge in [-0.25, -0.2) is 0 Å². The number of nitrogens with one attached hydrogen (secondary N) is 1. The first-order valence-electron chi connectivity index (χ1n) is 5.08. The number of hydrogen-bond acceptors (Lipinski definition) is 2. The van der Waals surface area contributed by atoms with Crippen LogP contribution in [0.2, 0.25) is 0 Å². The van der Waals surface area contributed by atoms with Gasteiger partial charge >= 0.3 is 0 Å². The third-order valence-corrected chi connectivity index (χ3v) is 2.20. The average Bonchev–Trinajstić information content (AvgIpc) is 2.11. The van der Waals surface area contributed by atoms with Crippen LogP contribution in [0.5, 0.6) is 0 Å². The van der Waals surface area contributed by atoms with Crippen molar-refractivity contribution in [3.05, 3.63) is 0 Å². The number of rotatable bonds is 7. The molecule has 0 fully saturated rings. The van der Waals surface area contributed by atoms with E-state index in [1.165, 1.54) is 19.3 Å². The van der Waals surface area contributed by atoms with Gasteiger partial charge in [0, 0.05) is 19.2 Å². The number of hydrogen-bond donors (Lipinski definition) is 2. The number of aliphatic hydroxyl groups excluding tert-OH is 1. The first-order chi connectivity index (χ1) is 5.74. The van der Waals surface area contributed by atoms with E-state index in [0.717, 1.165) is 6.54 Å². The molecule has 2 atom stereocenters. The summed E-state index contributed by atoms with van der Waals surface area (Å²) in [6, 6.07) is 0.643. The Hall–Kier alpha value is -0.0800. The molecule has 12 heavy (non-hydrogen) atoms. The molecule has 0 aromatic heterocycles. The molecule has 0 amide bonds. The summed E-state index contributed by atoms with van der Waals surface area (Å²) in [5.41, 5.74) is 0. The molecule has 0 bridgehead atoms. The smallest absolute Gasteiger partial charge is 0.0468 e. The summed E-state index contributed by atoms with van der Waals surface area (Å²) in [6.45, 7) is 7.70. The van der Waals surface area contributed by atoms with Gasteiger partial charge in [0.15, 0.2) is 0 Å². The Morgan fingerprint density at radius 2 is 2.00 bits per heavy atom. The van der Waals surface area contributed by atoms with Crippen LogP contribution in [-0.2, 0) is 0 Å². The molecular formula is C10H23NO. The Morgan fingerprint density at radius 3 is 2.42 bits per heavy atom. The summed E-state index contributed by atoms with van der Waals surface area (Å²) in [5.74, 6) is 0.385. The maximum Gasteiger partial charge on any atom is 0.0468 e. The van der Waals surface area contributed by atoms with Crippen LogP contribution in [0.3, 0.4) is 0 Å². The van der Waals surface area contributed by atoms with Gasteiger partial charge in [-0.1, -0.05) is 27.2 Å². The lowest BCUT2D eigenvalue weighted by atomic mass is 10.1. The third kappa shape index (κ3) is 5.56. The molecule has 2 unspecified atom stereocenters. The molecule has 0 saturated carbocycles. The SMILES string of the molecule is CCCC(CC)NCC(C)CO. The molecule has 0 radical (unpaired) electrons. The Labute approximate surface area is 76.4 Å². The Kier molecular flexibility index (Phi) is 7.51. The van der Waals surface area contributed by atoms with Crippen molar-refractivity contribution in [2.75, 3.05) is 13.2 Å². The standard InChI is InChI=1S/C10H23NO/c1-4-6-10(5-2)11-7-9(3)8-12/h9-12H,4-8H2,1-3H3. The van der Waals surface area contributed by atoms with E-state index in [4.69, 9.17) is 5.11 Å². The van der Waals surface area contributed by atoms with E-state index in [2.05, 4.69) is 26.1 Å². The van der Waals surface area contributed by atoms with Crippen molar-refractivity contribution < 1.29 is 5.11 Å². The van der Waals surface area contributed by atoms with Gasteiger partial charge in [-0.15, -0.1) is 0 Å². The number of aliphatic hydroxyl groups is 1. The van der Waals surface area contributed by atoms with Crippen molar-refractivity contribution in [2.24, 2.45) is 5.92 Å². The van der Waals surface area contributed by atoms with Crippen molar-refractivity contribution in [3.63, 3.8) is 0 Å². The molecule has 74 valence electrons. The zero-order chi connectivity index (χ0) is 9.40. The van der Waals surface area contributed by atoms with Crippen molar-refractivity contribution in [1.29, 1.82) is 0 Å². The van der Waals surface area contributed by atoms with Gasteiger partial charge in [0.1, 0.15) is 0 Å². The van der Waals surface area contributed by atoms with Crippen LogP contribution in [0, 0.1) is 5.92 Å². The second kappa shape index (κ2) is 7.56. The fourth-order valence-electron chi connectivity index (χ4n) is 1.23. The molecule has 2 heteroatoms. The molecule has 2 N–H and O–H groups in total. The van der Waals surface area contributed by atoms with Crippen molar-refractivity contribution >= 4 is 0 Å². The molecule has 0 aliphatic rings. The quantitative estimate of drug-likeness (QED) is 0.615.